The maximum atomic E-state index is 12.3. The second-order valence-corrected chi connectivity index (χ2v) is 5.50. The molecule has 1 aromatic rings. The number of hydrogen-bond donors (Lipinski definition) is 1. The summed E-state index contributed by atoms with van der Waals surface area (Å²) in [7, 11) is 0. The SMILES string of the molecule is CC(C)NC(=O)CN1CCN(C(=O)c2ccncc2)CC1=O. The third-order valence-electron chi connectivity index (χ3n) is 3.32. The van der Waals surface area contributed by atoms with Crippen LogP contribution in [0.3, 0.4) is 0 Å². The van der Waals surface area contributed by atoms with Crippen LogP contribution < -0.4 is 5.32 Å². The zero-order valence-corrected chi connectivity index (χ0v) is 12.8. The molecule has 3 amide bonds. The Balaban J connectivity index is 1.91. The van der Waals surface area contributed by atoms with Gasteiger partial charge in [-0.3, -0.25) is 19.4 Å². The number of nitrogens with one attached hydrogen (secondary N) is 1. The summed E-state index contributed by atoms with van der Waals surface area (Å²) < 4.78 is 0. The van der Waals surface area contributed by atoms with Crippen LogP contribution >= 0.6 is 0 Å². The lowest BCUT2D eigenvalue weighted by Crippen LogP contribution is -2.54. The average molecular weight is 304 g/mol. The molecule has 2 rings (SSSR count). The highest BCUT2D eigenvalue weighted by atomic mass is 16.2. The van der Waals surface area contributed by atoms with Gasteiger partial charge in [0.2, 0.25) is 11.8 Å². The monoisotopic (exact) mass is 304 g/mol. The molecule has 0 aromatic carbocycles. The van der Waals surface area contributed by atoms with Gasteiger partial charge in [-0.05, 0) is 26.0 Å². The molecule has 7 nitrogen and oxygen atoms in total. The number of pyridine rings is 1. The molecule has 0 aliphatic carbocycles. The van der Waals surface area contributed by atoms with Crippen molar-refractivity contribution in [2.75, 3.05) is 26.2 Å². The van der Waals surface area contributed by atoms with Crippen LogP contribution in [0, 0.1) is 0 Å². The Hall–Kier alpha value is -2.44. The summed E-state index contributed by atoms with van der Waals surface area (Å²) in [5.41, 5.74) is 0.508. The number of carbonyl (C=O) groups excluding carboxylic acids is 3. The predicted octanol–water partition coefficient (Wildman–Crippen LogP) is -0.109. The van der Waals surface area contributed by atoms with Crippen molar-refractivity contribution in [2.45, 2.75) is 19.9 Å². The molecule has 22 heavy (non-hydrogen) atoms. The Bertz CT molecular complexity index is 559. The topological polar surface area (TPSA) is 82.6 Å². The molecule has 0 spiro atoms. The van der Waals surface area contributed by atoms with Gasteiger partial charge in [-0.2, -0.15) is 0 Å². The first-order valence-electron chi connectivity index (χ1n) is 7.24. The third kappa shape index (κ3) is 4.03. The molecule has 0 unspecified atom stereocenters. The first-order chi connectivity index (χ1) is 10.5. The second kappa shape index (κ2) is 7.02. The number of rotatable bonds is 4. The van der Waals surface area contributed by atoms with Crippen LogP contribution in [0.25, 0.3) is 0 Å². The highest BCUT2D eigenvalue weighted by Gasteiger charge is 2.28. The molecule has 0 atom stereocenters. The van der Waals surface area contributed by atoms with Crippen molar-refractivity contribution in [1.82, 2.24) is 20.1 Å². The maximum absolute atomic E-state index is 12.3. The fraction of sp³-hybridized carbons (Fsp3) is 0.467. The molecule has 7 heteroatoms. The molecular formula is C15H20N4O3. The number of aromatic nitrogens is 1. The highest BCUT2D eigenvalue weighted by Crippen LogP contribution is 2.09. The Morgan fingerprint density at radius 2 is 1.95 bits per heavy atom. The first-order valence-corrected chi connectivity index (χ1v) is 7.24. The smallest absolute Gasteiger partial charge is 0.254 e. The number of hydrogen-bond acceptors (Lipinski definition) is 4. The number of nitrogens with zero attached hydrogens (tertiary/aromatic N) is 3. The van der Waals surface area contributed by atoms with Gasteiger partial charge in [-0.15, -0.1) is 0 Å². The summed E-state index contributed by atoms with van der Waals surface area (Å²) in [4.78, 5) is 42.9. The van der Waals surface area contributed by atoms with Crippen LogP contribution in [-0.4, -0.2) is 64.7 Å². The molecule has 1 aromatic heterocycles. The summed E-state index contributed by atoms with van der Waals surface area (Å²) in [6, 6.07) is 3.28. The second-order valence-electron chi connectivity index (χ2n) is 5.50. The zero-order valence-electron chi connectivity index (χ0n) is 12.8. The molecule has 118 valence electrons. The van der Waals surface area contributed by atoms with Crippen molar-refractivity contribution in [1.29, 1.82) is 0 Å². The molecule has 0 radical (unpaired) electrons. The lowest BCUT2D eigenvalue weighted by Gasteiger charge is -2.34. The van der Waals surface area contributed by atoms with Crippen molar-refractivity contribution in [2.24, 2.45) is 0 Å². The first kappa shape index (κ1) is 15.9. The Labute approximate surface area is 129 Å². The molecule has 1 saturated heterocycles. The van der Waals surface area contributed by atoms with E-state index in [0.717, 1.165) is 0 Å². The van der Waals surface area contributed by atoms with Gasteiger partial charge in [-0.25, -0.2) is 0 Å². The van der Waals surface area contributed by atoms with E-state index in [0.29, 0.717) is 18.7 Å². The average Bonchev–Trinajstić information content (AvgIpc) is 2.48. The van der Waals surface area contributed by atoms with Crippen molar-refractivity contribution in [3.8, 4) is 0 Å². The van der Waals surface area contributed by atoms with Crippen LogP contribution in [0.4, 0.5) is 0 Å². The van der Waals surface area contributed by atoms with Crippen LogP contribution in [0.1, 0.15) is 24.2 Å². The van der Waals surface area contributed by atoms with E-state index in [2.05, 4.69) is 10.3 Å². The van der Waals surface area contributed by atoms with E-state index in [1.54, 1.807) is 24.5 Å². The van der Waals surface area contributed by atoms with Crippen LogP contribution in [-0.2, 0) is 9.59 Å². The van der Waals surface area contributed by atoms with Crippen molar-refractivity contribution < 1.29 is 14.4 Å². The molecule has 2 heterocycles. The van der Waals surface area contributed by atoms with E-state index in [1.807, 2.05) is 13.8 Å². The predicted molar refractivity (Wildman–Crippen MR) is 80.0 cm³/mol. The molecular weight excluding hydrogens is 284 g/mol. The lowest BCUT2D eigenvalue weighted by atomic mass is 10.2. The Morgan fingerprint density at radius 1 is 1.27 bits per heavy atom. The summed E-state index contributed by atoms with van der Waals surface area (Å²) in [5.74, 6) is -0.591. The van der Waals surface area contributed by atoms with Crippen molar-refractivity contribution in [3.63, 3.8) is 0 Å². The van der Waals surface area contributed by atoms with Gasteiger partial charge in [0.15, 0.2) is 0 Å². The van der Waals surface area contributed by atoms with Gasteiger partial charge in [0.25, 0.3) is 5.91 Å². The molecule has 1 aliphatic heterocycles. The zero-order chi connectivity index (χ0) is 16.1. The number of amides is 3. The van der Waals surface area contributed by atoms with Gasteiger partial charge in [0.1, 0.15) is 6.54 Å². The Morgan fingerprint density at radius 3 is 2.55 bits per heavy atom. The van der Waals surface area contributed by atoms with Gasteiger partial charge in [-0.1, -0.05) is 0 Å². The fourth-order valence-corrected chi connectivity index (χ4v) is 2.27. The van der Waals surface area contributed by atoms with Crippen LogP contribution in [0.5, 0.6) is 0 Å². The van der Waals surface area contributed by atoms with Gasteiger partial charge in [0, 0.05) is 37.1 Å². The van der Waals surface area contributed by atoms with Gasteiger partial charge < -0.3 is 15.1 Å². The lowest BCUT2D eigenvalue weighted by molar-refractivity contribution is -0.139. The normalized spacial score (nSPS) is 15.1. The summed E-state index contributed by atoms with van der Waals surface area (Å²) in [5, 5.41) is 2.75. The minimum atomic E-state index is -0.215. The molecule has 1 fully saturated rings. The highest BCUT2D eigenvalue weighted by molar-refractivity contribution is 5.97. The molecule has 1 N–H and O–H groups in total. The third-order valence-corrected chi connectivity index (χ3v) is 3.32. The minimum absolute atomic E-state index is 0.00385. The number of carbonyl (C=O) groups is 3. The van der Waals surface area contributed by atoms with Crippen molar-refractivity contribution in [3.05, 3.63) is 30.1 Å². The van der Waals surface area contributed by atoms with E-state index in [-0.39, 0.29) is 36.9 Å². The van der Waals surface area contributed by atoms with E-state index in [4.69, 9.17) is 0 Å². The van der Waals surface area contributed by atoms with E-state index in [1.165, 1.54) is 9.80 Å². The van der Waals surface area contributed by atoms with Gasteiger partial charge >= 0.3 is 0 Å². The summed E-state index contributed by atoms with van der Waals surface area (Å²) in [6.07, 6.45) is 3.09. The van der Waals surface area contributed by atoms with E-state index < -0.39 is 0 Å². The van der Waals surface area contributed by atoms with Crippen LogP contribution in [0.15, 0.2) is 24.5 Å². The fourth-order valence-electron chi connectivity index (χ4n) is 2.27. The Kier molecular flexibility index (Phi) is 5.08. The summed E-state index contributed by atoms with van der Waals surface area (Å²) in [6.45, 7) is 4.55. The minimum Gasteiger partial charge on any atom is -0.352 e. The molecule has 1 aliphatic rings. The number of piperazine rings is 1. The summed E-state index contributed by atoms with van der Waals surface area (Å²) >= 11 is 0. The van der Waals surface area contributed by atoms with Crippen molar-refractivity contribution >= 4 is 17.7 Å². The van der Waals surface area contributed by atoms with Gasteiger partial charge in [0.05, 0.1) is 6.54 Å². The molecule has 0 saturated carbocycles. The standard InChI is InChI=1S/C15H20N4O3/c1-11(2)17-13(20)9-18-7-8-19(10-14(18)21)15(22)12-3-5-16-6-4-12/h3-6,11H,7-10H2,1-2H3,(H,17,20). The maximum Gasteiger partial charge on any atom is 0.254 e. The van der Waals surface area contributed by atoms with E-state index in [9.17, 15) is 14.4 Å². The van der Waals surface area contributed by atoms with E-state index >= 15 is 0 Å². The largest absolute Gasteiger partial charge is 0.352 e. The quantitative estimate of drug-likeness (QED) is 0.841. The van der Waals surface area contributed by atoms with Crippen LogP contribution in [0.2, 0.25) is 0 Å². The molecule has 0 bridgehead atoms.